The maximum Gasteiger partial charge on any atom is 0.248 e. The van der Waals surface area contributed by atoms with Crippen molar-refractivity contribution in [3.63, 3.8) is 0 Å². The monoisotopic (exact) mass is 537 g/mol. The first kappa shape index (κ1) is 24.9. The van der Waals surface area contributed by atoms with Crippen LogP contribution in [0.2, 0.25) is 0 Å². The van der Waals surface area contributed by atoms with Gasteiger partial charge in [-0.15, -0.1) is 24.0 Å². The third kappa shape index (κ3) is 6.83. The van der Waals surface area contributed by atoms with Gasteiger partial charge in [0.05, 0.1) is 13.2 Å². The largest absolute Gasteiger partial charge is 0.496 e. The highest BCUT2D eigenvalue weighted by Gasteiger charge is 2.26. The summed E-state index contributed by atoms with van der Waals surface area (Å²) in [7, 11) is 3.47. The van der Waals surface area contributed by atoms with Crippen molar-refractivity contribution in [3.05, 3.63) is 65.2 Å². The van der Waals surface area contributed by atoms with Crippen LogP contribution in [-0.2, 0) is 6.54 Å². The average molecular weight is 537 g/mol. The number of halogens is 1. The van der Waals surface area contributed by atoms with Gasteiger partial charge in [0, 0.05) is 31.3 Å². The molecule has 7 nitrogen and oxygen atoms in total. The summed E-state index contributed by atoms with van der Waals surface area (Å²) >= 11 is 0. The lowest BCUT2D eigenvalue weighted by molar-refractivity contribution is 0.1000. The van der Waals surface area contributed by atoms with Gasteiger partial charge >= 0.3 is 0 Å². The number of primary amides is 1. The highest BCUT2D eigenvalue weighted by atomic mass is 127. The minimum atomic E-state index is -0.426. The molecule has 0 bridgehead atoms. The van der Waals surface area contributed by atoms with E-state index in [-0.39, 0.29) is 30.0 Å². The van der Waals surface area contributed by atoms with Crippen molar-refractivity contribution >= 4 is 35.8 Å². The van der Waals surface area contributed by atoms with E-state index in [2.05, 4.69) is 32.7 Å². The number of nitrogens with one attached hydrogen (secondary N) is 2. The summed E-state index contributed by atoms with van der Waals surface area (Å²) < 4.78 is 5.62. The number of nitrogens with zero attached hydrogens (tertiary/aromatic N) is 2. The molecule has 1 saturated heterocycles. The number of ether oxygens (including phenoxy) is 1. The van der Waals surface area contributed by atoms with Crippen LogP contribution in [0.1, 0.15) is 40.4 Å². The molecule has 1 aliphatic heterocycles. The fourth-order valence-electron chi connectivity index (χ4n) is 3.87. The maximum absolute atomic E-state index is 11.4. The molecule has 0 spiro atoms. The number of para-hydroxylation sites is 1. The molecular formula is C23H32IN5O2. The number of benzene rings is 2. The number of nitrogens with two attached hydrogens (primary N) is 1. The molecule has 1 atom stereocenters. The van der Waals surface area contributed by atoms with Crippen LogP contribution >= 0.6 is 24.0 Å². The van der Waals surface area contributed by atoms with E-state index in [0.29, 0.717) is 24.6 Å². The Bertz CT molecular complexity index is 884. The minimum absolute atomic E-state index is 0. The van der Waals surface area contributed by atoms with Crippen LogP contribution in [0.25, 0.3) is 0 Å². The molecule has 0 aromatic heterocycles. The van der Waals surface area contributed by atoms with Gasteiger partial charge in [-0.2, -0.15) is 0 Å². The Balaban J connectivity index is 0.00000341. The lowest BCUT2D eigenvalue weighted by atomic mass is 10.0. The van der Waals surface area contributed by atoms with Gasteiger partial charge in [-0.1, -0.05) is 30.3 Å². The van der Waals surface area contributed by atoms with Crippen LogP contribution in [0.3, 0.4) is 0 Å². The van der Waals surface area contributed by atoms with Gasteiger partial charge in [0.25, 0.3) is 0 Å². The zero-order valence-electron chi connectivity index (χ0n) is 18.1. The number of carbonyl (C=O) groups is 1. The molecule has 1 amide bonds. The maximum atomic E-state index is 11.4. The number of rotatable bonds is 8. The molecule has 2 aromatic rings. The third-order valence-electron chi connectivity index (χ3n) is 5.44. The number of guanidine groups is 1. The van der Waals surface area contributed by atoms with Crippen LogP contribution < -0.4 is 21.1 Å². The van der Waals surface area contributed by atoms with Crippen molar-refractivity contribution in [1.29, 1.82) is 0 Å². The Morgan fingerprint density at radius 1 is 1.16 bits per heavy atom. The molecule has 168 valence electrons. The zero-order chi connectivity index (χ0) is 21.3. The molecule has 1 aliphatic rings. The number of hydrogen-bond acceptors (Lipinski definition) is 4. The van der Waals surface area contributed by atoms with Gasteiger partial charge < -0.3 is 21.1 Å². The van der Waals surface area contributed by atoms with Gasteiger partial charge in [-0.3, -0.25) is 14.7 Å². The zero-order valence-corrected chi connectivity index (χ0v) is 20.5. The lowest BCUT2D eigenvalue weighted by Gasteiger charge is -2.30. The van der Waals surface area contributed by atoms with Crippen LogP contribution in [0.5, 0.6) is 5.75 Å². The topological polar surface area (TPSA) is 92.0 Å². The molecule has 0 radical (unpaired) electrons. The Labute approximate surface area is 201 Å². The summed E-state index contributed by atoms with van der Waals surface area (Å²) in [5.41, 5.74) is 8.02. The lowest BCUT2D eigenvalue weighted by Crippen LogP contribution is -2.42. The van der Waals surface area contributed by atoms with Gasteiger partial charge in [0.1, 0.15) is 5.75 Å². The Kier molecular flexibility index (Phi) is 10.1. The first-order valence-electron chi connectivity index (χ1n) is 10.3. The summed E-state index contributed by atoms with van der Waals surface area (Å²) in [6.07, 6.45) is 2.43. The number of likely N-dealkylation sites (tertiary alicyclic amines) is 1. The quantitative estimate of drug-likeness (QED) is 0.274. The van der Waals surface area contributed by atoms with Crippen LogP contribution in [0.4, 0.5) is 0 Å². The van der Waals surface area contributed by atoms with Crippen molar-refractivity contribution < 1.29 is 9.53 Å². The van der Waals surface area contributed by atoms with E-state index < -0.39 is 5.91 Å². The molecule has 3 rings (SSSR count). The smallest absolute Gasteiger partial charge is 0.248 e. The fourth-order valence-corrected chi connectivity index (χ4v) is 3.87. The molecule has 4 N–H and O–H groups in total. The molecular weight excluding hydrogens is 505 g/mol. The molecule has 0 aliphatic carbocycles. The Morgan fingerprint density at radius 3 is 2.58 bits per heavy atom. The van der Waals surface area contributed by atoms with Crippen molar-refractivity contribution in [2.24, 2.45) is 10.7 Å². The Morgan fingerprint density at radius 2 is 1.90 bits per heavy atom. The number of amides is 1. The second-order valence-corrected chi connectivity index (χ2v) is 7.37. The molecule has 1 heterocycles. The van der Waals surface area contributed by atoms with Crippen molar-refractivity contribution in [1.82, 2.24) is 15.5 Å². The van der Waals surface area contributed by atoms with E-state index in [1.807, 2.05) is 24.3 Å². The van der Waals surface area contributed by atoms with Crippen molar-refractivity contribution in [2.45, 2.75) is 25.4 Å². The van der Waals surface area contributed by atoms with E-state index in [0.717, 1.165) is 24.4 Å². The number of aliphatic imine (C=N–C) groups is 1. The van der Waals surface area contributed by atoms with Crippen LogP contribution in [0.15, 0.2) is 53.5 Å². The summed E-state index contributed by atoms with van der Waals surface area (Å²) in [5.74, 6) is 1.19. The van der Waals surface area contributed by atoms with Crippen LogP contribution in [-0.4, -0.2) is 50.6 Å². The predicted molar refractivity (Wildman–Crippen MR) is 135 cm³/mol. The van der Waals surface area contributed by atoms with Gasteiger partial charge in [-0.25, -0.2) is 0 Å². The van der Waals surface area contributed by atoms with Gasteiger partial charge in [0.2, 0.25) is 5.91 Å². The second kappa shape index (κ2) is 12.5. The van der Waals surface area contributed by atoms with Crippen molar-refractivity contribution in [3.8, 4) is 5.75 Å². The van der Waals surface area contributed by atoms with E-state index >= 15 is 0 Å². The Hall–Kier alpha value is -2.33. The molecule has 2 aromatic carbocycles. The summed E-state index contributed by atoms with van der Waals surface area (Å²) in [6.45, 7) is 3.41. The number of hydrogen-bond donors (Lipinski definition) is 3. The van der Waals surface area contributed by atoms with Gasteiger partial charge in [-0.05, 0) is 49.7 Å². The summed E-state index contributed by atoms with van der Waals surface area (Å²) in [4.78, 5) is 18.2. The second-order valence-electron chi connectivity index (χ2n) is 7.37. The number of methoxy groups -OCH3 is 1. The molecule has 1 unspecified atom stereocenters. The number of carbonyl (C=O) groups excluding carboxylic acids is 1. The highest BCUT2D eigenvalue weighted by Crippen LogP contribution is 2.31. The van der Waals surface area contributed by atoms with E-state index in [9.17, 15) is 4.79 Å². The van der Waals surface area contributed by atoms with Gasteiger partial charge in [0.15, 0.2) is 5.96 Å². The first-order valence-corrected chi connectivity index (χ1v) is 10.3. The van der Waals surface area contributed by atoms with E-state index in [4.69, 9.17) is 10.5 Å². The first-order chi connectivity index (χ1) is 14.6. The van der Waals surface area contributed by atoms with Crippen LogP contribution in [0, 0.1) is 0 Å². The third-order valence-corrected chi connectivity index (χ3v) is 5.44. The van der Waals surface area contributed by atoms with E-state index in [1.54, 1.807) is 26.3 Å². The molecule has 31 heavy (non-hydrogen) atoms. The predicted octanol–water partition coefficient (Wildman–Crippen LogP) is 2.91. The highest BCUT2D eigenvalue weighted by molar-refractivity contribution is 14.0. The molecule has 8 heteroatoms. The normalized spacial score (nSPS) is 15.1. The van der Waals surface area contributed by atoms with Crippen molar-refractivity contribution in [2.75, 3.05) is 33.8 Å². The molecule has 1 fully saturated rings. The molecule has 0 saturated carbocycles. The minimum Gasteiger partial charge on any atom is -0.496 e. The average Bonchev–Trinajstić information content (AvgIpc) is 3.31. The summed E-state index contributed by atoms with van der Waals surface area (Å²) in [5, 5.41) is 6.77. The fraction of sp³-hybridized carbons (Fsp3) is 0.391. The SMILES string of the molecule is CN=C(NCc1cccc(C(N)=O)c1)NCC(c1ccccc1OC)N1CCCC1.I. The summed E-state index contributed by atoms with van der Waals surface area (Å²) in [6, 6.07) is 15.7. The standard InChI is InChI=1S/C23H31N5O2.HI/c1-25-23(26-15-17-8-7-9-18(14-17)22(24)29)27-16-20(28-12-5-6-13-28)19-10-3-4-11-21(19)30-2;/h3-4,7-11,14,20H,5-6,12-13,15-16H2,1-2H3,(H2,24,29)(H2,25,26,27);1H. The van der Waals surface area contributed by atoms with E-state index in [1.165, 1.54) is 18.4 Å².